The van der Waals surface area contributed by atoms with E-state index in [4.69, 9.17) is 14.6 Å². The first-order valence-corrected chi connectivity index (χ1v) is 14.9. The third-order valence-electron chi connectivity index (χ3n) is 7.34. The quantitative estimate of drug-likeness (QED) is 0.0683. The van der Waals surface area contributed by atoms with Crippen LogP contribution in [0.4, 0.5) is 0 Å². The molecule has 15 nitrogen and oxygen atoms in total. The van der Waals surface area contributed by atoms with E-state index in [9.17, 15) is 19.4 Å². The van der Waals surface area contributed by atoms with Gasteiger partial charge in [0.05, 0.1) is 26.4 Å². The number of hydrogen-bond donors (Lipinski definition) is 6. The third kappa shape index (κ3) is 16.5. The minimum absolute atomic E-state index is 0.0881. The highest BCUT2D eigenvalue weighted by Gasteiger charge is 2.39. The topological polar surface area (TPSA) is 195 Å². The highest BCUT2D eigenvalue weighted by molar-refractivity contribution is 5.83. The summed E-state index contributed by atoms with van der Waals surface area (Å²) in [6.45, 7) is 15.4. The van der Waals surface area contributed by atoms with E-state index in [-0.39, 0.29) is 31.1 Å². The SMILES string of the molecule is CC(O)NCCOCCOCCNC(=O)CCC(=O)NCCN1CCNC(C)(C)C(N=O)CC(N=O)C(C)(C)NCC1. The molecule has 3 atom stereocenters. The Balaban J connectivity index is 2.32. The summed E-state index contributed by atoms with van der Waals surface area (Å²) in [4.78, 5) is 49.8. The van der Waals surface area contributed by atoms with Gasteiger partial charge in [-0.05, 0) is 34.6 Å². The number of nitrogens with zero attached hydrogens (tertiary/aromatic N) is 3. The Morgan fingerprint density at radius 3 is 1.81 bits per heavy atom. The van der Waals surface area contributed by atoms with Crippen molar-refractivity contribution in [2.75, 3.05) is 78.8 Å². The summed E-state index contributed by atoms with van der Waals surface area (Å²) in [5.41, 5.74) is -1.22. The molecule has 0 aromatic carbocycles. The predicted molar refractivity (Wildman–Crippen MR) is 161 cm³/mol. The van der Waals surface area contributed by atoms with E-state index in [2.05, 4.69) is 41.8 Å². The van der Waals surface area contributed by atoms with Crippen LogP contribution in [0.5, 0.6) is 0 Å². The summed E-state index contributed by atoms with van der Waals surface area (Å²) in [7, 11) is 0. The zero-order chi connectivity index (χ0) is 31.4. The van der Waals surface area contributed by atoms with Crippen LogP contribution in [-0.4, -0.2) is 130 Å². The van der Waals surface area contributed by atoms with E-state index in [1.165, 1.54) is 0 Å². The lowest BCUT2D eigenvalue weighted by Gasteiger charge is -2.38. The third-order valence-corrected chi connectivity index (χ3v) is 7.34. The van der Waals surface area contributed by atoms with E-state index < -0.39 is 29.4 Å². The van der Waals surface area contributed by atoms with E-state index >= 15 is 0 Å². The molecule has 0 aromatic rings. The van der Waals surface area contributed by atoms with Crippen LogP contribution < -0.4 is 26.6 Å². The zero-order valence-electron chi connectivity index (χ0n) is 26.1. The number of nitroso groups, excluding NO2 is 2. The molecular formula is C27H54N8O7. The van der Waals surface area contributed by atoms with Crippen molar-refractivity contribution in [1.29, 1.82) is 0 Å². The van der Waals surface area contributed by atoms with E-state index in [0.717, 1.165) is 0 Å². The number of rotatable bonds is 18. The largest absolute Gasteiger partial charge is 0.379 e. The van der Waals surface area contributed by atoms with Gasteiger partial charge in [0, 0.05) is 82.7 Å². The van der Waals surface area contributed by atoms with Gasteiger partial charge in [0.25, 0.3) is 0 Å². The summed E-state index contributed by atoms with van der Waals surface area (Å²) in [6.07, 6.45) is -0.127. The van der Waals surface area contributed by atoms with Gasteiger partial charge in [-0.2, -0.15) is 9.81 Å². The van der Waals surface area contributed by atoms with Crippen molar-refractivity contribution in [3.8, 4) is 0 Å². The maximum atomic E-state index is 12.3. The summed E-state index contributed by atoms with van der Waals surface area (Å²) in [5, 5.41) is 30.9. The Morgan fingerprint density at radius 1 is 0.857 bits per heavy atom. The molecule has 1 rings (SSSR count). The molecule has 0 bridgehead atoms. The van der Waals surface area contributed by atoms with Gasteiger partial charge >= 0.3 is 0 Å². The molecule has 244 valence electrons. The number of nitrogens with one attached hydrogen (secondary N) is 5. The molecule has 0 spiro atoms. The summed E-state index contributed by atoms with van der Waals surface area (Å²) < 4.78 is 10.7. The van der Waals surface area contributed by atoms with E-state index in [1.807, 2.05) is 27.7 Å². The lowest BCUT2D eigenvalue weighted by atomic mass is 9.83. The summed E-state index contributed by atoms with van der Waals surface area (Å²) in [6, 6.07) is -1.24. The average molecular weight is 603 g/mol. The fourth-order valence-electron chi connectivity index (χ4n) is 4.48. The van der Waals surface area contributed by atoms with Crippen molar-refractivity contribution in [2.24, 2.45) is 10.4 Å². The number of carbonyl (C=O) groups is 2. The molecule has 1 fully saturated rings. The first kappa shape index (κ1) is 37.9. The molecule has 1 heterocycles. The second-order valence-electron chi connectivity index (χ2n) is 11.7. The number of carbonyl (C=O) groups excluding carboxylic acids is 2. The second-order valence-corrected chi connectivity index (χ2v) is 11.7. The van der Waals surface area contributed by atoms with Gasteiger partial charge in [-0.3, -0.25) is 19.8 Å². The Morgan fingerprint density at radius 2 is 1.33 bits per heavy atom. The van der Waals surface area contributed by atoms with Gasteiger partial charge in [0.15, 0.2) is 0 Å². The molecule has 15 heteroatoms. The normalized spacial score (nSPS) is 22.2. The van der Waals surface area contributed by atoms with Crippen LogP contribution in [-0.2, 0) is 19.1 Å². The molecule has 2 amide bonds. The smallest absolute Gasteiger partial charge is 0.220 e. The molecule has 6 N–H and O–H groups in total. The molecule has 1 saturated heterocycles. The van der Waals surface area contributed by atoms with Crippen LogP contribution in [0.25, 0.3) is 0 Å². The first-order chi connectivity index (χ1) is 19.9. The minimum atomic E-state index is -0.618. The van der Waals surface area contributed by atoms with Crippen LogP contribution in [0.15, 0.2) is 10.4 Å². The van der Waals surface area contributed by atoms with Crippen molar-refractivity contribution in [1.82, 2.24) is 31.5 Å². The number of aliphatic hydroxyl groups is 1. The number of ether oxygens (including phenoxy) is 2. The van der Waals surface area contributed by atoms with Crippen molar-refractivity contribution in [3.63, 3.8) is 0 Å². The monoisotopic (exact) mass is 602 g/mol. The number of hydrogen-bond acceptors (Lipinski definition) is 13. The zero-order valence-corrected chi connectivity index (χ0v) is 26.1. The van der Waals surface area contributed by atoms with Gasteiger partial charge < -0.3 is 35.8 Å². The van der Waals surface area contributed by atoms with Crippen LogP contribution in [0.2, 0.25) is 0 Å². The maximum absolute atomic E-state index is 12.3. The summed E-state index contributed by atoms with van der Waals surface area (Å²) in [5.74, 6) is -0.415. The van der Waals surface area contributed by atoms with Crippen LogP contribution >= 0.6 is 0 Å². The van der Waals surface area contributed by atoms with E-state index in [0.29, 0.717) is 78.8 Å². The fourth-order valence-corrected chi connectivity index (χ4v) is 4.48. The Bertz CT molecular complexity index is 768. The highest BCUT2D eigenvalue weighted by atomic mass is 16.5. The fraction of sp³-hybridized carbons (Fsp3) is 0.926. The summed E-state index contributed by atoms with van der Waals surface area (Å²) >= 11 is 0. The molecule has 0 aliphatic carbocycles. The number of aliphatic hydroxyl groups excluding tert-OH is 1. The highest BCUT2D eigenvalue weighted by Crippen LogP contribution is 2.25. The van der Waals surface area contributed by atoms with Gasteiger partial charge in [0.1, 0.15) is 18.3 Å². The standard InChI is InChI=1S/C27H54N8O7/c1-21(36)28-11-16-41-18-19-42-17-12-30-25(38)7-6-24(37)29-8-13-35-14-9-31-26(2,3)22(33-39)20-23(34-40)27(4,5)32-10-15-35/h21-23,28,31-32,36H,6-20H2,1-5H3,(H,29,37)(H,30,38). The number of amides is 2. The van der Waals surface area contributed by atoms with Crippen molar-refractivity contribution in [2.45, 2.75) is 83.3 Å². The van der Waals surface area contributed by atoms with Crippen LogP contribution in [0.3, 0.4) is 0 Å². The Kier molecular flexibility index (Phi) is 18.7. The van der Waals surface area contributed by atoms with Gasteiger partial charge in [-0.15, -0.1) is 0 Å². The van der Waals surface area contributed by atoms with Crippen LogP contribution in [0, 0.1) is 9.81 Å². The lowest BCUT2D eigenvalue weighted by molar-refractivity contribution is -0.126. The van der Waals surface area contributed by atoms with E-state index in [1.54, 1.807) is 6.92 Å². The second kappa shape index (κ2) is 20.7. The Labute approximate surface area is 249 Å². The predicted octanol–water partition coefficient (Wildman–Crippen LogP) is -0.328. The van der Waals surface area contributed by atoms with Gasteiger partial charge in [-0.25, -0.2) is 0 Å². The molecule has 1 aliphatic rings. The Hall–Kier alpha value is -2.14. The average Bonchev–Trinajstić information content (AvgIpc) is 2.92. The molecule has 3 unspecified atom stereocenters. The molecule has 0 saturated carbocycles. The minimum Gasteiger partial charge on any atom is -0.379 e. The van der Waals surface area contributed by atoms with Crippen molar-refractivity contribution < 1.29 is 24.2 Å². The maximum Gasteiger partial charge on any atom is 0.220 e. The lowest BCUT2D eigenvalue weighted by Crippen LogP contribution is -2.57. The molecule has 1 aliphatic heterocycles. The molecular weight excluding hydrogens is 548 g/mol. The van der Waals surface area contributed by atoms with Crippen LogP contribution in [0.1, 0.15) is 53.9 Å². The van der Waals surface area contributed by atoms with Gasteiger partial charge in [0.2, 0.25) is 11.8 Å². The van der Waals surface area contributed by atoms with Crippen molar-refractivity contribution in [3.05, 3.63) is 9.81 Å². The molecule has 0 aromatic heterocycles. The first-order valence-electron chi connectivity index (χ1n) is 14.9. The van der Waals surface area contributed by atoms with Gasteiger partial charge in [-0.1, -0.05) is 10.4 Å². The molecule has 42 heavy (non-hydrogen) atoms. The molecule has 0 radical (unpaired) electrons. The van der Waals surface area contributed by atoms with Crippen molar-refractivity contribution >= 4 is 11.8 Å².